The van der Waals surface area contributed by atoms with Gasteiger partial charge in [0, 0.05) is 28.1 Å². The van der Waals surface area contributed by atoms with E-state index in [0.29, 0.717) is 33.3 Å². The van der Waals surface area contributed by atoms with Crippen molar-refractivity contribution >= 4 is 28.3 Å². The highest BCUT2D eigenvalue weighted by atomic mass is 16.6. The van der Waals surface area contributed by atoms with Crippen LogP contribution in [0.5, 0.6) is 0 Å². The molecule has 0 unspecified atom stereocenters. The molecule has 1 aromatic heterocycles. The Bertz CT molecular complexity index is 1400. The van der Waals surface area contributed by atoms with Crippen molar-refractivity contribution in [3.8, 4) is 11.3 Å². The number of nitro groups is 1. The third-order valence-corrected chi connectivity index (χ3v) is 5.45. The molecule has 0 spiro atoms. The number of para-hydroxylation sites is 1. The summed E-state index contributed by atoms with van der Waals surface area (Å²) in [7, 11) is 0. The Morgan fingerprint density at radius 1 is 0.970 bits per heavy atom. The third kappa shape index (κ3) is 4.34. The fraction of sp³-hybridized carbons (Fsp3) is 0.115. The number of aromatic nitrogens is 1. The van der Waals surface area contributed by atoms with E-state index in [1.54, 1.807) is 26.0 Å². The summed E-state index contributed by atoms with van der Waals surface area (Å²) in [6.07, 6.45) is 0. The lowest BCUT2D eigenvalue weighted by Gasteiger charge is -2.14. The summed E-state index contributed by atoms with van der Waals surface area (Å²) in [5.41, 5.74) is 3.53. The Balaban J connectivity index is 1.66. The molecule has 33 heavy (non-hydrogen) atoms. The Labute approximate surface area is 189 Å². The summed E-state index contributed by atoms with van der Waals surface area (Å²) in [4.78, 5) is 41.1. The van der Waals surface area contributed by atoms with Crippen LogP contribution in [-0.2, 0) is 4.74 Å². The van der Waals surface area contributed by atoms with Gasteiger partial charge in [-0.2, -0.15) is 0 Å². The van der Waals surface area contributed by atoms with Crippen LogP contribution in [-0.4, -0.2) is 28.3 Å². The Hall–Kier alpha value is -4.39. The molecule has 0 radical (unpaired) electrons. The lowest BCUT2D eigenvalue weighted by Crippen LogP contribution is -2.16. The number of ether oxygens (including phenoxy) is 1. The molecule has 3 aromatic carbocycles. The highest BCUT2D eigenvalue weighted by molar-refractivity contribution is 6.07. The van der Waals surface area contributed by atoms with Crippen molar-refractivity contribution in [2.75, 3.05) is 6.61 Å². The molecule has 0 amide bonds. The third-order valence-electron chi connectivity index (χ3n) is 5.45. The number of esters is 1. The average Bonchev–Trinajstić information content (AvgIpc) is 2.82. The molecule has 0 aliphatic heterocycles. The monoisotopic (exact) mass is 440 g/mol. The Morgan fingerprint density at radius 2 is 1.67 bits per heavy atom. The maximum absolute atomic E-state index is 13.1. The zero-order chi connectivity index (χ0) is 23.5. The number of pyridine rings is 1. The summed E-state index contributed by atoms with van der Waals surface area (Å²) < 4.78 is 5.37. The topological polar surface area (TPSA) is 99.4 Å². The van der Waals surface area contributed by atoms with Gasteiger partial charge < -0.3 is 4.74 Å². The molecule has 7 nitrogen and oxygen atoms in total. The zero-order valence-electron chi connectivity index (χ0n) is 18.1. The molecule has 164 valence electrons. The van der Waals surface area contributed by atoms with Gasteiger partial charge in [0.05, 0.1) is 21.7 Å². The number of rotatable bonds is 6. The van der Waals surface area contributed by atoms with Gasteiger partial charge >= 0.3 is 5.97 Å². The van der Waals surface area contributed by atoms with E-state index >= 15 is 0 Å². The normalized spacial score (nSPS) is 10.7. The van der Waals surface area contributed by atoms with E-state index in [4.69, 9.17) is 9.72 Å². The first kappa shape index (κ1) is 21.8. The van der Waals surface area contributed by atoms with E-state index in [0.717, 1.165) is 5.56 Å². The second kappa shape index (κ2) is 9.00. The molecular weight excluding hydrogens is 420 g/mol. The van der Waals surface area contributed by atoms with Crippen LogP contribution in [0.3, 0.4) is 0 Å². The standard InChI is InChI=1S/C26H20N2O5/c1-16-12-13-19(14-22(16)28(31)32)23(29)15-33-26(30)24-17(2)25(18-8-4-3-5-9-18)27-21-11-7-6-10-20(21)24/h3-14H,15H2,1-2H3. The van der Waals surface area contributed by atoms with Crippen LogP contribution in [0.2, 0.25) is 0 Å². The van der Waals surface area contributed by atoms with E-state index in [9.17, 15) is 19.7 Å². The van der Waals surface area contributed by atoms with E-state index in [-0.39, 0.29) is 11.3 Å². The summed E-state index contributed by atoms with van der Waals surface area (Å²) in [6.45, 7) is 2.85. The molecular formula is C26H20N2O5. The van der Waals surface area contributed by atoms with Gasteiger partial charge in [0.2, 0.25) is 5.78 Å². The number of fused-ring (bicyclic) bond motifs is 1. The molecule has 0 N–H and O–H groups in total. The number of carbonyl (C=O) groups is 2. The van der Waals surface area contributed by atoms with Crippen LogP contribution in [0.25, 0.3) is 22.2 Å². The van der Waals surface area contributed by atoms with Gasteiger partial charge in [-0.15, -0.1) is 0 Å². The number of benzene rings is 3. The highest BCUT2D eigenvalue weighted by Crippen LogP contribution is 2.30. The van der Waals surface area contributed by atoms with Crippen LogP contribution in [0, 0.1) is 24.0 Å². The van der Waals surface area contributed by atoms with Gasteiger partial charge in [-0.1, -0.05) is 60.7 Å². The van der Waals surface area contributed by atoms with Crippen LogP contribution in [0.1, 0.15) is 31.8 Å². The maximum Gasteiger partial charge on any atom is 0.339 e. The number of nitro benzene ring substituents is 1. The zero-order valence-corrected chi connectivity index (χ0v) is 18.1. The quantitative estimate of drug-likeness (QED) is 0.171. The highest BCUT2D eigenvalue weighted by Gasteiger charge is 2.22. The first-order valence-electron chi connectivity index (χ1n) is 10.3. The van der Waals surface area contributed by atoms with Gasteiger partial charge in [-0.25, -0.2) is 9.78 Å². The van der Waals surface area contributed by atoms with Crippen LogP contribution in [0.15, 0.2) is 72.8 Å². The minimum atomic E-state index is -0.654. The first-order valence-corrected chi connectivity index (χ1v) is 10.3. The van der Waals surface area contributed by atoms with E-state index < -0.39 is 23.3 Å². The van der Waals surface area contributed by atoms with E-state index in [1.807, 2.05) is 42.5 Å². The van der Waals surface area contributed by atoms with Crippen molar-refractivity contribution in [3.63, 3.8) is 0 Å². The number of carbonyl (C=O) groups excluding carboxylic acids is 2. The molecule has 4 rings (SSSR count). The number of hydrogen-bond donors (Lipinski definition) is 0. The average molecular weight is 440 g/mol. The minimum Gasteiger partial charge on any atom is -0.454 e. The summed E-state index contributed by atoms with van der Waals surface area (Å²) >= 11 is 0. The second-order valence-corrected chi connectivity index (χ2v) is 7.60. The van der Waals surface area contributed by atoms with Gasteiger partial charge in [0.1, 0.15) is 0 Å². The van der Waals surface area contributed by atoms with Crippen LogP contribution in [0.4, 0.5) is 5.69 Å². The Morgan fingerprint density at radius 3 is 2.39 bits per heavy atom. The first-order chi connectivity index (χ1) is 15.9. The lowest BCUT2D eigenvalue weighted by atomic mass is 9.98. The predicted molar refractivity (Wildman–Crippen MR) is 124 cm³/mol. The number of aryl methyl sites for hydroxylation is 1. The SMILES string of the molecule is Cc1ccc(C(=O)COC(=O)c2c(C)c(-c3ccccc3)nc3ccccc23)cc1[N+](=O)[O-]. The molecule has 0 aliphatic rings. The van der Waals surface area contributed by atoms with E-state index in [1.165, 1.54) is 18.2 Å². The van der Waals surface area contributed by atoms with Gasteiger partial charge in [0.25, 0.3) is 5.69 Å². The van der Waals surface area contributed by atoms with Crippen molar-refractivity contribution < 1.29 is 19.2 Å². The smallest absolute Gasteiger partial charge is 0.339 e. The molecule has 0 saturated heterocycles. The van der Waals surface area contributed by atoms with Crippen molar-refractivity contribution in [1.29, 1.82) is 0 Å². The molecule has 0 aliphatic carbocycles. The maximum atomic E-state index is 13.1. The van der Waals surface area contributed by atoms with Crippen molar-refractivity contribution in [3.05, 3.63) is 105 Å². The molecule has 0 fully saturated rings. The van der Waals surface area contributed by atoms with Crippen molar-refractivity contribution in [2.24, 2.45) is 0 Å². The van der Waals surface area contributed by atoms with E-state index in [2.05, 4.69) is 0 Å². The molecule has 0 atom stereocenters. The van der Waals surface area contributed by atoms with Crippen LogP contribution < -0.4 is 0 Å². The van der Waals surface area contributed by atoms with Gasteiger partial charge in [-0.3, -0.25) is 14.9 Å². The molecule has 0 bridgehead atoms. The Kier molecular flexibility index (Phi) is 5.95. The van der Waals surface area contributed by atoms with Gasteiger partial charge in [-0.05, 0) is 25.5 Å². The molecule has 1 heterocycles. The summed E-state index contributed by atoms with van der Waals surface area (Å²) in [6, 6.07) is 20.9. The van der Waals surface area contributed by atoms with Gasteiger partial charge in [0.15, 0.2) is 6.61 Å². The van der Waals surface area contributed by atoms with Crippen molar-refractivity contribution in [1.82, 2.24) is 4.98 Å². The fourth-order valence-electron chi connectivity index (χ4n) is 3.71. The number of Topliss-reactive ketones (excluding diaryl/α,β-unsaturated/α-hetero) is 1. The fourth-order valence-corrected chi connectivity index (χ4v) is 3.71. The van der Waals surface area contributed by atoms with Crippen LogP contribution >= 0.6 is 0 Å². The summed E-state index contributed by atoms with van der Waals surface area (Å²) in [5.74, 6) is -1.18. The molecule has 4 aromatic rings. The summed E-state index contributed by atoms with van der Waals surface area (Å²) in [5, 5.41) is 11.8. The number of nitrogens with zero attached hydrogens (tertiary/aromatic N) is 2. The lowest BCUT2D eigenvalue weighted by molar-refractivity contribution is -0.385. The second-order valence-electron chi connectivity index (χ2n) is 7.60. The largest absolute Gasteiger partial charge is 0.454 e. The predicted octanol–water partition coefficient (Wildman–Crippen LogP) is 5.47. The number of hydrogen-bond acceptors (Lipinski definition) is 6. The minimum absolute atomic E-state index is 0.112. The molecule has 7 heteroatoms. The molecule has 0 saturated carbocycles. The van der Waals surface area contributed by atoms with Crippen molar-refractivity contribution in [2.45, 2.75) is 13.8 Å². The number of ketones is 1.